The molecule has 13 heteroatoms. The van der Waals surface area contributed by atoms with E-state index in [-0.39, 0.29) is 43.9 Å². The third-order valence-electron chi connectivity index (χ3n) is 10.7. The molecule has 1 fully saturated rings. The third kappa shape index (κ3) is 9.72. The highest BCUT2D eigenvalue weighted by molar-refractivity contribution is 6.77. The number of nitrogens with zero attached hydrogens (tertiary/aromatic N) is 2. The van der Waals surface area contributed by atoms with Crippen LogP contribution in [0.4, 0.5) is 19.3 Å². The number of likely N-dealkylation sites (tertiary alicyclic amines) is 1. The minimum absolute atomic E-state index is 0.0330. The van der Waals surface area contributed by atoms with E-state index in [1.807, 2.05) is 42.5 Å². The summed E-state index contributed by atoms with van der Waals surface area (Å²) in [7, 11) is -2.11. The number of fused-ring (bicyclic) bond motifs is 1. The van der Waals surface area contributed by atoms with Crippen molar-refractivity contribution in [3.8, 4) is 17.2 Å². The highest BCUT2D eigenvalue weighted by Crippen LogP contribution is 2.42. The maximum Gasteiger partial charge on any atom is 0.407 e. The van der Waals surface area contributed by atoms with Gasteiger partial charge in [-0.15, -0.1) is 0 Å². The van der Waals surface area contributed by atoms with Gasteiger partial charge in [-0.2, -0.15) is 0 Å². The number of rotatable bonds is 17. The number of piperidine rings is 1. The zero-order chi connectivity index (χ0) is 39.0. The molecule has 2 aliphatic heterocycles. The summed E-state index contributed by atoms with van der Waals surface area (Å²) in [6.07, 6.45) is -0.357. The smallest absolute Gasteiger partial charge is 0.407 e. The molecule has 3 aromatic rings. The van der Waals surface area contributed by atoms with E-state index < -0.39 is 32.1 Å². The van der Waals surface area contributed by atoms with E-state index in [0.29, 0.717) is 73.0 Å². The van der Waals surface area contributed by atoms with Crippen LogP contribution in [0.5, 0.6) is 17.2 Å². The van der Waals surface area contributed by atoms with Gasteiger partial charge in [0, 0.05) is 31.5 Å². The normalized spacial score (nSPS) is 17.6. The number of halogens is 2. The van der Waals surface area contributed by atoms with Gasteiger partial charge in [0.2, 0.25) is 0 Å². The summed E-state index contributed by atoms with van der Waals surface area (Å²) >= 11 is 0. The lowest BCUT2D eigenvalue weighted by molar-refractivity contribution is -0.121. The number of ether oxygens (including phenoxy) is 4. The topological polar surface area (TPSA) is 107 Å². The Balaban J connectivity index is 1.21. The Kier molecular flexibility index (Phi) is 14.0. The average molecular weight is 769 g/mol. The third-order valence-corrected chi connectivity index (χ3v) is 16.8. The summed E-state index contributed by atoms with van der Waals surface area (Å²) in [5, 5.41) is 9.79. The number of carbonyl (C=O) groups is 2. The molecule has 2 unspecified atom stereocenters. The van der Waals surface area contributed by atoms with Crippen LogP contribution in [0.2, 0.25) is 16.6 Å². The second kappa shape index (κ2) is 18.4. The number of carboxylic acid groups (broad SMARTS) is 1. The predicted octanol–water partition coefficient (Wildman–Crippen LogP) is 8.78. The van der Waals surface area contributed by atoms with Crippen molar-refractivity contribution in [2.24, 2.45) is 0 Å². The zero-order valence-electron chi connectivity index (χ0n) is 32.2. The molecule has 5 rings (SSSR count). The lowest BCUT2D eigenvalue weighted by Gasteiger charge is -2.42. The minimum Gasteiger partial charge on any atom is -0.493 e. The first-order valence-corrected chi connectivity index (χ1v) is 21.0. The molecule has 1 N–H and O–H groups in total. The number of hydrogen-bond acceptors (Lipinski definition) is 7. The Morgan fingerprint density at radius 1 is 0.926 bits per heavy atom. The first kappa shape index (κ1) is 41.0. The Morgan fingerprint density at radius 3 is 2.31 bits per heavy atom. The fraction of sp³-hybridized carbons (Fsp3) is 0.512. The van der Waals surface area contributed by atoms with Gasteiger partial charge in [0.15, 0.2) is 26.5 Å². The molecule has 294 valence electrons. The predicted molar refractivity (Wildman–Crippen MR) is 205 cm³/mol. The van der Waals surface area contributed by atoms with E-state index in [2.05, 4.69) is 41.5 Å². The summed E-state index contributed by atoms with van der Waals surface area (Å²) in [4.78, 5) is 28.2. The molecule has 0 saturated carbocycles. The molecule has 0 radical (unpaired) electrons. The van der Waals surface area contributed by atoms with Gasteiger partial charge in [-0.3, -0.25) is 4.79 Å². The summed E-state index contributed by atoms with van der Waals surface area (Å²) in [5.74, 6) is -0.243. The van der Waals surface area contributed by atoms with Crippen LogP contribution in [0.25, 0.3) is 0 Å². The molecule has 0 aliphatic carbocycles. The molecule has 2 atom stereocenters. The maximum atomic E-state index is 13.8. The van der Waals surface area contributed by atoms with E-state index >= 15 is 0 Å². The summed E-state index contributed by atoms with van der Waals surface area (Å²) in [6.45, 7) is 15.6. The Hall–Kier alpha value is -4.20. The molecule has 2 heterocycles. The highest BCUT2D eigenvalue weighted by Gasteiger charge is 2.45. The van der Waals surface area contributed by atoms with E-state index in [4.69, 9.17) is 23.4 Å². The van der Waals surface area contributed by atoms with Crippen LogP contribution < -0.4 is 19.1 Å². The van der Waals surface area contributed by atoms with Crippen molar-refractivity contribution in [2.75, 3.05) is 51.0 Å². The van der Waals surface area contributed by atoms with E-state index in [9.17, 15) is 23.5 Å². The van der Waals surface area contributed by atoms with Crippen LogP contribution in [0, 0.1) is 11.6 Å². The number of anilines is 1. The van der Waals surface area contributed by atoms with Gasteiger partial charge in [-0.1, -0.05) is 59.7 Å². The van der Waals surface area contributed by atoms with Crippen LogP contribution in [0.15, 0.2) is 60.7 Å². The SMILES string of the molecule is CC(C)[Si](OCCN1C(=O)COc2ccc(COC3CN(C(=O)O)CCC3c3ccc(OCCCOc4cc(F)ccc4F)cc3)cc21)(C(C)C)C(C)C. The summed E-state index contributed by atoms with van der Waals surface area (Å²) in [5.41, 5.74) is 3.81. The second-order valence-electron chi connectivity index (χ2n) is 15.0. The second-order valence-corrected chi connectivity index (χ2v) is 20.4. The van der Waals surface area contributed by atoms with Crippen molar-refractivity contribution in [3.05, 3.63) is 83.4 Å². The molecule has 54 heavy (non-hydrogen) atoms. The molecular formula is C41H54F2N2O8Si. The zero-order valence-corrected chi connectivity index (χ0v) is 33.2. The van der Waals surface area contributed by atoms with E-state index in [1.165, 1.54) is 4.90 Å². The monoisotopic (exact) mass is 768 g/mol. The van der Waals surface area contributed by atoms with Crippen molar-refractivity contribution < 1.29 is 46.8 Å². The Morgan fingerprint density at radius 2 is 1.63 bits per heavy atom. The Labute approximate surface area is 318 Å². The molecule has 2 amide bonds. The molecule has 1 saturated heterocycles. The number of carbonyl (C=O) groups excluding carboxylic acids is 1. The summed E-state index contributed by atoms with van der Waals surface area (Å²) < 4.78 is 57.4. The largest absolute Gasteiger partial charge is 0.493 e. The van der Waals surface area contributed by atoms with Crippen molar-refractivity contribution in [1.82, 2.24) is 4.90 Å². The van der Waals surface area contributed by atoms with Crippen LogP contribution in [-0.2, 0) is 20.6 Å². The molecule has 0 aromatic heterocycles. The van der Waals surface area contributed by atoms with Crippen LogP contribution in [0.1, 0.15) is 71.4 Å². The number of hydrogen-bond donors (Lipinski definition) is 1. The standard InChI is InChI=1S/C41H54F2N2O8Si/c1-27(2)54(28(3)4,29(5)6)53-21-18-45-36-22-30(8-15-37(36)52-26-40(45)46)25-51-39-24-44(41(47)48)17-16-34(39)31-9-12-33(13-10-31)49-19-7-20-50-38-23-32(42)11-14-35(38)43/h8-15,22-23,27-29,34,39H,7,16-21,24-26H2,1-6H3,(H,47,48). The van der Waals surface area contributed by atoms with Gasteiger partial charge in [-0.05, 0) is 70.6 Å². The van der Waals surface area contributed by atoms with Gasteiger partial charge in [0.05, 0.1) is 44.8 Å². The Bertz CT molecular complexity index is 1700. The van der Waals surface area contributed by atoms with Crippen LogP contribution >= 0.6 is 0 Å². The molecular weight excluding hydrogens is 715 g/mol. The van der Waals surface area contributed by atoms with E-state index in [1.54, 1.807) is 4.90 Å². The van der Waals surface area contributed by atoms with Gasteiger partial charge in [0.25, 0.3) is 5.91 Å². The van der Waals surface area contributed by atoms with Crippen molar-refractivity contribution in [3.63, 3.8) is 0 Å². The molecule has 3 aromatic carbocycles. The molecule has 10 nitrogen and oxygen atoms in total. The fourth-order valence-corrected chi connectivity index (χ4v) is 13.5. The average Bonchev–Trinajstić information content (AvgIpc) is 3.14. The summed E-state index contributed by atoms with van der Waals surface area (Å²) in [6, 6.07) is 16.4. The lowest BCUT2D eigenvalue weighted by atomic mass is 9.87. The fourth-order valence-electron chi connectivity index (χ4n) is 8.07. The first-order valence-electron chi connectivity index (χ1n) is 18.9. The van der Waals surface area contributed by atoms with Gasteiger partial charge in [0.1, 0.15) is 17.3 Å². The first-order chi connectivity index (χ1) is 25.8. The minimum atomic E-state index is -2.11. The van der Waals surface area contributed by atoms with Gasteiger partial charge in [-0.25, -0.2) is 13.6 Å². The van der Waals surface area contributed by atoms with Crippen LogP contribution in [-0.4, -0.2) is 82.5 Å². The van der Waals surface area contributed by atoms with Gasteiger partial charge < -0.3 is 38.3 Å². The van der Waals surface area contributed by atoms with Crippen molar-refractivity contribution in [1.29, 1.82) is 0 Å². The van der Waals surface area contributed by atoms with Gasteiger partial charge >= 0.3 is 6.09 Å². The molecule has 0 bridgehead atoms. The molecule has 2 aliphatic rings. The van der Waals surface area contributed by atoms with E-state index in [0.717, 1.165) is 29.3 Å². The maximum absolute atomic E-state index is 13.8. The van der Waals surface area contributed by atoms with Crippen molar-refractivity contribution >= 4 is 26.0 Å². The van der Waals surface area contributed by atoms with Crippen molar-refractivity contribution in [2.45, 2.75) is 89.6 Å². The number of benzene rings is 3. The lowest BCUT2D eigenvalue weighted by Crippen LogP contribution is -2.50. The number of amides is 2. The highest BCUT2D eigenvalue weighted by atomic mass is 28.4. The quantitative estimate of drug-likeness (QED) is 0.107. The molecule has 0 spiro atoms. The van der Waals surface area contributed by atoms with Crippen LogP contribution in [0.3, 0.4) is 0 Å².